The molecule has 0 bridgehead atoms. The summed E-state index contributed by atoms with van der Waals surface area (Å²) >= 11 is 0. The monoisotopic (exact) mass is 237 g/mol. The van der Waals surface area contributed by atoms with E-state index in [1.165, 1.54) is 0 Å². The summed E-state index contributed by atoms with van der Waals surface area (Å²) in [6.07, 6.45) is 1.10. The second-order valence-electron chi connectivity index (χ2n) is 4.43. The van der Waals surface area contributed by atoms with Crippen molar-refractivity contribution in [2.24, 2.45) is 5.92 Å². The van der Waals surface area contributed by atoms with E-state index in [0.717, 1.165) is 0 Å². The Morgan fingerprint density at radius 1 is 1.27 bits per heavy atom. The molecule has 0 saturated carbocycles. The fourth-order valence-corrected chi connectivity index (χ4v) is 2.73. The van der Waals surface area contributed by atoms with Crippen LogP contribution in [-0.4, -0.2) is 31.4 Å². The minimum absolute atomic E-state index is 0.0962. The smallest absolute Gasteiger partial charge is 0.211 e. The first kappa shape index (κ1) is 14.9. The highest BCUT2D eigenvalue weighted by Gasteiger charge is 2.24. The summed E-state index contributed by atoms with van der Waals surface area (Å²) in [6.45, 7) is 7.51. The van der Waals surface area contributed by atoms with Gasteiger partial charge in [0.05, 0.1) is 11.4 Å². The van der Waals surface area contributed by atoms with Crippen LogP contribution in [-0.2, 0) is 10.0 Å². The van der Waals surface area contributed by atoms with E-state index in [2.05, 4.69) is 4.72 Å². The first-order valence-electron chi connectivity index (χ1n) is 5.44. The van der Waals surface area contributed by atoms with Gasteiger partial charge in [0.2, 0.25) is 10.0 Å². The second kappa shape index (κ2) is 5.82. The molecule has 0 heterocycles. The van der Waals surface area contributed by atoms with Crippen molar-refractivity contribution in [1.82, 2.24) is 4.72 Å². The Bertz CT molecular complexity index is 268. The van der Waals surface area contributed by atoms with Gasteiger partial charge in [0.25, 0.3) is 0 Å². The lowest BCUT2D eigenvalue weighted by Gasteiger charge is -2.25. The molecule has 0 amide bonds. The zero-order valence-corrected chi connectivity index (χ0v) is 10.9. The third kappa shape index (κ3) is 6.12. The predicted molar refractivity (Wildman–Crippen MR) is 62.2 cm³/mol. The molecule has 0 unspecified atom stereocenters. The third-order valence-electron chi connectivity index (χ3n) is 2.49. The number of hydrogen-bond donors (Lipinski definition) is 2. The van der Waals surface area contributed by atoms with Gasteiger partial charge in [0.15, 0.2) is 0 Å². The highest BCUT2D eigenvalue weighted by molar-refractivity contribution is 7.89. The Balaban J connectivity index is 4.26. The molecule has 0 aliphatic carbocycles. The van der Waals surface area contributed by atoms with E-state index < -0.39 is 15.6 Å². The van der Waals surface area contributed by atoms with Crippen LogP contribution in [0.1, 0.15) is 40.5 Å². The standard InChI is InChI=1S/C10H23NO3S/c1-5-10(12,6-2)8-11-15(13,14)7-9(3)4/h9,11-12H,5-8H2,1-4H3. The first-order chi connectivity index (χ1) is 6.74. The minimum atomic E-state index is -3.24. The van der Waals surface area contributed by atoms with Crippen LogP contribution in [0.25, 0.3) is 0 Å². The van der Waals surface area contributed by atoms with Crippen molar-refractivity contribution in [3.63, 3.8) is 0 Å². The molecule has 92 valence electrons. The van der Waals surface area contributed by atoms with Gasteiger partial charge in [0, 0.05) is 6.54 Å². The van der Waals surface area contributed by atoms with Crippen molar-refractivity contribution >= 4 is 10.0 Å². The summed E-state index contributed by atoms with van der Waals surface area (Å²) in [5.41, 5.74) is -0.913. The van der Waals surface area contributed by atoms with E-state index in [1.807, 2.05) is 27.7 Å². The van der Waals surface area contributed by atoms with Gasteiger partial charge in [-0.25, -0.2) is 13.1 Å². The number of aliphatic hydroxyl groups is 1. The molecule has 2 N–H and O–H groups in total. The molecule has 4 nitrogen and oxygen atoms in total. The van der Waals surface area contributed by atoms with Crippen LogP contribution in [0.15, 0.2) is 0 Å². The van der Waals surface area contributed by atoms with Gasteiger partial charge in [-0.1, -0.05) is 27.7 Å². The van der Waals surface area contributed by atoms with Crippen molar-refractivity contribution < 1.29 is 13.5 Å². The molecule has 0 fully saturated rings. The quantitative estimate of drug-likeness (QED) is 0.697. The normalized spacial score (nSPS) is 13.5. The Hall–Kier alpha value is -0.130. The molecule has 0 radical (unpaired) electrons. The Morgan fingerprint density at radius 3 is 2.07 bits per heavy atom. The highest BCUT2D eigenvalue weighted by atomic mass is 32.2. The summed E-state index contributed by atoms with van der Waals surface area (Å²) in [7, 11) is -3.24. The topological polar surface area (TPSA) is 66.4 Å². The fraction of sp³-hybridized carbons (Fsp3) is 1.00. The van der Waals surface area contributed by atoms with Gasteiger partial charge in [0.1, 0.15) is 0 Å². The molecule has 0 rings (SSSR count). The maximum atomic E-state index is 11.5. The molecular weight excluding hydrogens is 214 g/mol. The molecule has 0 spiro atoms. The van der Waals surface area contributed by atoms with Gasteiger partial charge in [-0.05, 0) is 18.8 Å². The number of hydrogen-bond acceptors (Lipinski definition) is 3. The van der Waals surface area contributed by atoms with Gasteiger partial charge < -0.3 is 5.11 Å². The van der Waals surface area contributed by atoms with Gasteiger partial charge in [-0.2, -0.15) is 0 Å². The van der Waals surface area contributed by atoms with E-state index in [9.17, 15) is 13.5 Å². The highest BCUT2D eigenvalue weighted by Crippen LogP contribution is 2.13. The van der Waals surface area contributed by atoms with Gasteiger partial charge >= 0.3 is 0 Å². The Morgan fingerprint density at radius 2 is 1.73 bits per heavy atom. The lowest BCUT2D eigenvalue weighted by Crippen LogP contribution is -2.43. The van der Waals surface area contributed by atoms with Gasteiger partial charge in [-0.3, -0.25) is 0 Å². The van der Waals surface area contributed by atoms with Crippen LogP contribution in [0.3, 0.4) is 0 Å². The van der Waals surface area contributed by atoms with E-state index in [1.54, 1.807) is 0 Å². The Kier molecular flexibility index (Phi) is 5.77. The average Bonchev–Trinajstić information content (AvgIpc) is 2.12. The van der Waals surface area contributed by atoms with Crippen molar-refractivity contribution in [2.75, 3.05) is 12.3 Å². The first-order valence-corrected chi connectivity index (χ1v) is 7.09. The average molecular weight is 237 g/mol. The minimum Gasteiger partial charge on any atom is -0.389 e. The number of rotatable bonds is 7. The molecular formula is C10H23NO3S. The van der Waals surface area contributed by atoms with Crippen molar-refractivity contribution in [3.8, 4) is 0 Å². The largest absolute Gasteiger partial charge is 0.389 e. The Labute approximate surface area is 93.1 Å². The van der Waals surface area contributed by atoms with Crippen molar-refractivity contribution in [1.29, 1.82) is 0 Å². The van der Waals surface area contributed by atoms with E-state index in [-0.39, 0.29) is 18.2 Å². The second-order valence-corrected chi connectivity index (χ2v) is 6.28. The summed E-state index contributed by atoms with van der Waals surface area (Å²) in [5, 5.41) is 9.90. The molecule has 0 aliphatic heterocycles. The van der Waals surface area contributed by atoms with Crippen LogP contribution >= 0.6 is 0 Å². The van der Waals surface area contributed by atoms with E-state index in [4.69, 9.17) is 0 Å². The lowest BCUT2D eigenvalue weighted by atomic mass is 9.98. The van der Waals surface area contributed by atoms with Crippen molar-refractivity contribution in [2.45, 2.75) is 46.1 Å². The maximum Gasteiger partial charge on any atom is 0.211 e. The molecule has 0 aromatic heterocycles. The zero-order chi connectivity index (χ0) is 12.1. The number of sulfonamides is 1. The lowest BCUT2D eigenvalue weighted by molar-refractivity contribution is 0.0377. The molecule has 15 heavy (non-hydrogen) atoms. The summed E-state index contributed by atoms with van der Waals surface area (Å²) in [4.78, 5) is 0. The number of nitrogens with one attached hydrogen (secondary N) is 1. The molecule has 0 aromatic rings. The molecule has 0 atom stereocenters. The van der Waals surface area contributed by atoms with Crippen LogP contribution in [0, 0.1) is 5.92 Å². The van der Waals surface area contributed by atoms with E-state index >= 15 is 0 Å². The summed E-state index contributed by atoms with van der Waals surface area (Å²) < 4.78 is 25.4. The SMILES string of the molecule is CCC(O)(CC)CNS(=O)(=O)CC(C)C. The van der Waals surface area contributed by atoms with Gasteiger partial charge in [-0.15, -0.1) is 0 Å². The van der Waals surface area contributed by atoms with Crippen LogP contribution in [0.2, 0.25) is 0 Å². The zero-order valence-electron chi connectivity index (χ0n) is 10.1. The van der Waals surface area contributed by atoms with Crippen LogP contribution in [0.4, 0.5) is 0 Å². The molecule has 0 aromatic carbocycles. The van der Waals surface area contributed by atoms with Crippen molar-refractivity contribution in [3.05, 3.63) is 0 Å². The van der Waals surface area contributed by atoms with Crippen LogP contribution < -0.4 is 4.72 Å². The summed E-state index contributed by atoms with van der Waals surface area (Å²) in [6, 6.07) is 0. The maximum absolute atomic E-state index is 11.5. The van der Waals surface area contributed by atoms with E-state index in [0.29, 0.717) is 12.8 Å². The summed E-state index contributed by atoms with van der Waals surface area (Å²) in [5.74, 6) is 0.204. The fourth-order valence-electron chi connectivity index (χ4n) is 1.24. The third-order valence-corrected chi connectivity index (χ3v) is 4.18. The molecule has 5 heteroatoms. The van der Waals surface area contributed by atoms with Crippen LogP contribution in [0.5, 0.6) is 0 Å². The molecule has 0 saturated heterocycles. The predicted octanol–water partition coefficient (Wildman–Crippen LogP) is 1.11. The molecule has 0 aliphatic rings.